The summed E-state index contributed by atoms with van der Waals surface area (Å²) in [7, 11) is -3.29. The highest BCUT2D eigenvalue weighted by Gasteiger charge is 2.36. The van der Waals surface area contributed by atoms with Gasteiger partial charge in [0, 0.05) is 31.5 Å². The fourth-order valence-corrected chi connectivity index (χ4v) is 5.41. The maximum absolute atomic E-state index is 13.0. The highest BCUT2D eigenvalue weighted by atomic mass is 32.2. The zero-order valence-electron chi connectivity index (χ0n) is 14.1. The highest BCUT2D eigenvalue weighted by Crippen LogP contribution is 2.29. The van der Waals surface area contributed by atoms with Crippen molar-refractivity contribution in [3.05, 3.63) is 48.5 Å². The van der Waals surface area contributed by atoms with Gasteiger partial charge in [-0.3, -0.25) is 0 Å². The lowest BCUT2D eigenvalue weighted by Gasteiger charge is -2.32. The number of aromatic nitrogens is 2. The molecule has 2 atom stereocenters. The Labute approximate surface area is 144 Å². The zero-order valence-corrected chi connectivity index (χ0v) is 14.9. The third kappa shape index (κ3) is 3.87. The molecule has 0 spiro atoms. The van der Waals surface area contributed by atoms with Gasteiger partial charge in [0.2, 0.25) is 0 Å². The van der Waals surface area contributed by atoms with Gasteiger partial charge in [0.25, 0.3) is 0 Å². The fourth-order valence-electron chi connectivity index (χ4n) is 3.40. The van der Waals surface area contributed by atoms with E-state index in [-0.39, 0.29) is 11.3 Å². The van der Waals surface area contributed by atoms with E-state index in [1.807, 2.05) is 29.8 Å². The molecule has 1 aromatic carbocycles. The molecule has 0 amide bonds. The monoisotopic (exact) mass is 347 g/mol. The fraction of sp³-hybridized carbons (Fsp3) is 0.500. The SMILES string of the molecule is Cc1ccc(S(=O)(=O)C2CCCCC2NCCn2ccnc2)cc1. The smallest absolute Gasteiger partial charge is 0.182 e. The normalized spacial score (nSPS) is 21.7. The van der Waals surface area contributed by atoms with Crippen LogP contribution < -0.4 is 5.32 Å². The largest absolute Gasteiger partial charge is 0.336 e. The van der Waals surface area contributed by atoms with E-state index in [1.54, 1.807) is 24.7 Å². The Hall–Kier alpha value is -1.66. The van der Waals surface area contributed by atoms with Gasteiger partial charge >= 0.3 is 0 Å². The third-order valence-corrected chi connectivity index (χ3v) is 7.08. The number of nitrogens with one attached hydrogen (secondary N) is 1. The lowest BCUT2D eigenvalue weighted by Crippen LogP contribution is -2.47. The first-order valence-corrected chi connectivity index (χ1v) is 10.1. The highest BCUT2D eigenvalue weighted by molar-refractivity contribution is 7.92. The van der Waals surface area contributed by atoms with Gasteiger partial charge in [0.05, 0.1) is 16.5 Å². The van der Waals surface area contributed by atoms with Crippen molar-refractivity contribution in [1.29, 1.82) is 0 Å². The quantitative estimate of drug-likeness (QED) is 0.872. The molecule has 3 rings (SSSR count). The molecular formula is C18H25N3O2S. The Bertz CT molecular complexity index is 739. The van der Waals surface area contributed by atoms with Crippen molar-refractivity contribution in [2.45, 2.75) is 55.3 Å². The van der Waals surface area contributed by atoms with E-state index >= 15 is 0 Å². The molecule has 1 heterocycles. The summed E-state index contributed by atoms with van der Waals surface area (Å²) < 4.78 is 28.1. The van der Waals surface area contributed by atoms with E-state index in [9.17, 15) is 8.42 Å². The number of benzene rings is 1. The lowest BCUT2D eigenvalue weighted by molar-refractivity contribution is 0.365. The van der Waals surface area contributed by atoms with Crippen LogP contribution in [0.1, 0.15) is 31.2 Å². The van der Waals surface area contributed by atoms with Gasteiger partial charge in [-0.15, -0.1) is 0 Å². The molecule has 130 valence electrons. The molecule has 24 heavy (non-hydrogen) atoms. The first-order valence-electron chi connectivity index (χ1n) is 8.57. The third-order valence-electron chi connectivity index (χ3n) is 4.79. The average molecular weight is 347 g/mol. The van der Waals surface area contributed by atoms with Crippen molar-refractivity contribution < 1.29 is 8.42 Å². The Morgan fingerprint density at radius 2 is 1.96 bits per heavy atom. The van der Waals surface area contributed by atoms with E-state index in [0.29, 0.717) is 4.90 Å². The van der Waals surface area contributed by atoms with E-state index in [4.69, 9.17) is 0 Å². The minimum Gasteiger partial charge on any atom is -0.336 e. The van der Waals surface area contributed by atoms with Crippen molar-refractivity contribution in [2.75, 3.05) is 6.54 Å². The van der Waals surface area contributed by atoms with Crippen LogP contribution in [0, 0.1) is 6.92 Å². The molecule has 1 fully saturated rings. The number of nitrogens with zero attached hydrogens (tertiary/aromatic N) is 2. The van der Waals surface area contributed by atoms with Gasteiger partial charge in [-0.1, -0.05) is 30.5 Å². The number of hydrogen-bond acceptors (Lipinski definition) is 4. The van der Waals surface area contributed by atoms with Gasteiger partial charge < -0.3 is 9.88 Å². The van der Waals surface area contributed by atoms with Crippen LogP contribution in [-0.4, -0.2) is 35.8 Å². The van der Waals surface area contributed by atoms with E-state index < -0.39 is 9.84 Å². The molecule has 0 bridgehead atoms. The van der Waals surface area contributed by atoms with Crippen molar-refractivity contribution in [3.63, 3.8) is 0 Å². The first-order chi connectivity index (χ1) is 11.6. The summed E-state index contributed by atoms with van der Waals surface area (Å²) in [5.74, 6) is 0. The van der Waals surface area contributed by atoms with Crippen LogP contribution in [0.15, 0.2) is 47.9 Å². The molecule has 2 aromatic rings. The van der Waals surface area contributed by atoms with E-state index in [1.165, 1.54) is 0 Å². The van der Waals surface area contributed by atoms with E-state index in [2.05, 4.69) is 10.3 Å². The molecule has 5 nitrogen and oxygen atoms in total. The van der Waals surface area contributed by atoms with Crippen LogP contribution in [0.25, 0.3) is 0 Å². The predicted octanol–water partition coefficient (Wildman–Crippen LogP) is 2.57. The summed E-state index contributed by atoms with van der Waals surface area (Å²) in [6, 6.07) is 7.24. The van der Waals surface area contributed by atoms with Crippen molar-refractivity contribution >= 4 is 9.84 Å². The van der Waals surface area contributed by atoms with Crippen molar-refractivity contribution in [2.24, 2.45) is 0 Å². The molecule has 0 radical (unpaired) electrons. The number of sulfone groups is 1. The zero-order chi connectivity index (χ0) is 17.0. The van der Waals surface area contributed by atoms with Crippen LogP contribution in [-0.2, 0) is 16.4 Å². The van der Waals surface area contributed by atoms with Crippen LogP contribution in [0.5, 0.6) is 0 Å². The van der Waals surface area contributed by atoms with Gasteiger partial charge in [-0.05, 0) is 31.9 Å². The summed E-state index contributed by atoms with van der Waals surface area (Å²) in [4.78, 5) is 4.47. The Kier molecular flexibility index (Phi) is 5.36. The second kappa shape index (κ2) is 7.49. The molecule has 0 saturated heterocycles. The summed E-state index contributed by atoms with van der Waals surface area (Å²) in [6.45, 7) is 3.52. The summed E-state index contributed by atoms with van der Waals surface area (Å²) in [5, 5.41) is 3.13. The maximum atomic E-state index is 13.0. The maximum Gasteiger partial charge on any atom is 0.182 e. The molecule has 1 saturated carbocycles. The van der Waals surface area contributed by atoms with Crippen LogP contribution >= 0.6 is 0 Å². The molecule has 1 aliphatic rings. The minimum atomic E-state index is -3.29. The molecule has 6 heteroatoms. The second-order valence-corrected chi connectivity index (χ2v) is 8.71. The van der Waals surface area contributed by atoms with Gasteiger partial charge in [0.15, 0.2) is 9.84 Å². The molecule has 0 aliphatic heterocycles. The number of rotatable bonds is 6. The first kappa shape index (κ1) is 17.2. The summed E-state index contributed by atoms with van der Waals surface area (Å²) in [6.07, 6.45) is 9.17. The summed E-state index contributed by atoms with van der Waals surface area (Å²) >= 11 is 0. The molecule has 1 aromatic heterocycles. The van der Waals surface area contributed by atoms with Gasteiger partial charge in [-0.2, -0.15) is 0 Å². The molecular weight excluding hydrogens is 322 g/mol. The average Bonchev–Trinajstić information content (AvgIpc) is 3.09. The van der Waals surface area contributed by atoms with Gasteiger partial charge in [-0.25, -0.2) is 13.4 Å². The lowest BCUT2D eigenvalue weighted by atomic mass is 9.95. The van der Waals surface area contributed by atoms with Crippen LogP contribution in [0.3, 0.4) is 0 Å². The van der Waals surface area contributed by atoms with Gasteiger partial charge in [0.1, 0.15) is 0 Å². The second-order valence-electron chi connectivity index (χ2n) is 6.54. The molecule has 1 aliphatic carbocycles. The topological polar surface area (TPSA) is 64.0 Å². The van der Waals surface area contributed by atoms with Crippen LogP contribution in [0.2, 0.25) is 0 Å². The van der Waals surface area contributed by atoms with Crippen molar-refractivity contribution in [3.8, 4) is 0 Å². The minimum absolute atomic E-state index is 0.0218. The molecule has 1 N–H and O–H groups in total. The number of aryl methyl sites for hydroxylation is 1. The van der Waals surface area contributed by atoms with Crippen molar-refractivity contribution in [1.82, 2.24) is 14.9 Å². The Balaban J connectivity index is 1.70. The summed E-state index contributed by atoms with van der Waals surface area (Å²) in [5.41, 5.74) is 1.08. The predicted molar refractivity (Wildman–Crippen MR) is 94.6 cm³/mol. The molecule has 2 unspecified atom stereocenters. The van der Waals surface area contributed by atoms with E-state index in [0.717, 1.165) is 44.3 Å². The Morgan fingerprint density at radius 3 is 2.67 bits per heavy atom. The standard InChI is InChI=1S/C18H25N3O2S/c1-15-6-8-16(9-7-15)24(22,23)18-5-3-2-4-17(18)20-11-13-21-12-10-19-14-21/h6-10,12,14,17-18,20H,2-5,11,13H2,1H3. The number of hydrogen-bond donors (Lipinski definition) is 1. The number of imidazole rings is 1. The Morgan fingerprint density at radius 1 is 1.21 bits per heavy atom. The van der Waals surface area contributed by atoms with Crippen LogP contribution in [0.4, 0.5) is 0 Å².